The maximum atomic E-state index is 12.9. The van der Waals surface area contributed by atoms with Crippen LogP contribution in [0.15, 0.2) is 113 Å². The van der Waals surface area contributed by atoms with E-state index in [9.17, 15) is 9.59 Å². The van der Waals surface area contributed by atoms with Crippen LogP contribution in [0.4, 0.5) is 0 Å². The van der Waals surface area contributed by atoms with Crippen molar-refractivity contribution in [1.29, 1.82) is 0 Å². The molecule has 0 saturated carbocycles. The van der Waals surface area contributed by atoms with Gasteiger partial charge in [-0.1, -0.05) is 48.5 Å². The third-order valence-corrected chi connectivity index (χ3v) is 5.56. The summed E-state index contributed by atoms with van der Waals surface area (Å²) in [5, 5.41) is 1.52. The normalized spacial score (nSPS) is 10.9. The van der Waals surface area contributed by atoms with E-state index >= 15 is 0 Å². The Morgan fingerprint density at radius 2 is 1.28 bits per heavy atom. The fourth-order valence-corrected chi connectivity index (χ4v) is 4.07. The van der Waals surface area contributed by atoms with Crippen LogP contribution < -0.4 is 11.2 Å². The van der Waals surface area contributed by atoms with Gasteiger partial charge in [0.15, 0.2) is 0 Å². The zero-order chi connectivity index (χ0) is 22.1. The van der Waals surface area contributed by atoms with Crippen molar-refractivity contribution >= 4 is 21.8 Å². The number of rotatable bonds is 2. The fraction of sp³-hybridized carbons (Fsp3) is 0.0370. The molecule has 1 N–H and O–H groups in total. The lowest BCUT2D eigenvalue weighted by molar-refractivity contribution is 0.943. The SMILES string of the molecule is Cc1cc(-n2c(=O)[nH]c(=O)c3ccccc32)cccn(-c2ccccc2)c2ccccc12. The monoisotopic (exact) mass is 419 g/mol. The first kappa shape index (κ1) is 19.6. The second kappa shape index (κ2) is 8.04. The lowest BCUT2D eigenvalue weighted by Crippen LogP contribution is -2.29. The van der Waals surface area contributed by atoms with Crippen molar-refractivity contribution in [3.05, 3.63) is 130 Å². The highest BCUT2D eigenvalue weighted by molar-refractivity contribution is 5.84. The van der Waals surface area contributed by atoms with E-state index in [0.29, 0.717) is 16.6 Å². The van der Waals surface area contributed by atoms with Crippen molar-refractivity contribution in [3.63, 3.8) is 0 Å². The van der Waals surface area contributed by atoms with Crippen LogP contribution in [0.1, 0.15) is 5.56 Å². The Hall–Kier alpha value is -4.38. The quantitative estimate of drug-likeness (QED) is 0.435. The molecular formula is C27H21N3O2. The number of fused-ring (bicyclic) bond motifs is 2. The third-order valence-electron chi connectivity index (χ3n) is 5.56. The first-order chi connectivity index (χ1) is 15.6. The van der Waals surface area contributed by atoms with Crippen LogP contribution >= 0.6 is 0 Å². The summed E-state index contributed by atoms with van der Waals surface area (Å²) in [4.78, 5) is 27.6. The molecule has 0 aliphatic heterocycles. The number of hydrogen-bond donors (Lipinski definition) is 1. The average molecular weight is 419 g/mol. The predicted molar refractivity (Wildman–Crippen MR) is 129 cm³/mol. The molecule has 0 spiro atoms. The summed E-state index contributed by atoms with van der Waals surface area (Å²) in [6.45, 7) is 2.03. The predicted octanol–water partition coefficient (Wildman–Crippen LogP) is 5.06. The van der Waals surface area contributed by atoms with Gasteiger partial charge in [0, 0.05) is 17.3 Å². The molecule has 3 aromatic carbocycles. The highest BCUT2D eigenvalue weighted by Gasteiger charge is 2.09. The first-order valence-corrected chi connectivity index (χ1v) is 10.4. The van der Waals surface area contributed by atoms with Gasteiger partial charge >= 0.3 is 5.69 Å². The minimum atomic E-state index is -0.468. The molecule has 2 aromatic heterocycles. The summed E-state index contributed by atoms with van der Waals surface area (Å²) in [7, 11) is 0. The van der Waals surface area contributed by atoms with E-state index in [-0.39, 0.29) is 5.56 Å². The van der Waals surface area contributed by atoms with E-state index in [4.69, 9.17) is 0 Å². The summed E-state index contributed by atoms with van der Waals surface area (Å²) >= 11 is 0. The van der Waals surface area contributed by atoms with Crippen LogP contribution in [0.25, 0.3) is 33.2 Å². The van der Waals surface area contributed by atoms with Crippen LogP contribution in [-0.4, -0.2) is 14.1 Å². The number of aromatic nitrogens is 3. The Balaban J connectivity index is 1.91. The molecular weight excluding hydrogens is 398 g/mol. The zero-order valence-corrected chi connectivity index (χ0v) is 17.5. The number of benzene rings is 3. The first-order valence-electron chi connectivity index (χ1n) is 10.4. The number of hydrogen-bond acceptors (Lipinski definition) is 2. The number of para-hydroxylation sites is 3. The van der Waals surface area contributed by atoms with Gasteiger partial charge in [0.1, 0.15) is 0 Å². The largest absolute Gasteiger partial charge is 0.333 e. The molecule has 0 aliphatic rings. The van der Waals surface area contributed by atoms with Crippen LogP contribution in [0.5, 0.6) is 0 Å². The Morgan fingerprint density at radius 1 is 0.656 bits per heavy atom. The highest BCUT2D eigenvalue weighted by atomic mass is 16.2. The molecule has 0 saturated heterocycles. The molecule has 0 amide bonds. The highest BCUT2D eigenvalue weighted by Crippen LogP contribution is 2.21. The summed E-state index contributed by atoms with van der Waals surface area (Å²) in [6.07, 6.45) is 1.99. The number of nitrogens with zero attached hydrogens (tertiary/aromatic N) is 2. The Morgan fingerprint density at radius 3 is 2.06 bits per heavy atom. The van der Waals surface area contributed by atoms with Crippen LogP contribution in [0.2, 0.25) is 0 Å². The van der Waals surface area contributed by atoms with Gasteiger partial charge in [-0.2, -0.15) is 0 Å². The fourth-order valence-electron chi connectivity index (χ4n) is 4.07. The third kappa shape index (κ3) is 3.40. The van der Waals surface area contributed by atoms with Gasteiger partial charge in [0.05, 0.1) is 22.1 Å². The maximum Gasteiger partial charge on any atom is 0.333 e. The molecule has 5 aromatic rings. The number of H-pyrrole nitrogens is 1. The van der Waals surface area contributed by atoms with Gasteiger partial charge in [-0.05, 0) is 61.0 Å². The molecule has 0 atom stereocenters. The molecule has 0 aliphatic carbocycles. The molecule has 5 rings (SSSR count). The number of nitrogens with one attached hydrogen (secondary N) is 1. The van der Waals surface area contributed by atoms with Gasteiger partial charge < -0.3 is 4.57 Å². The summed E-state index contributed by atoms with van der Waals surface area (Å²) in [5.41, 5.74) is 3.45. The summed E-state index contributed by atoms with van der Waals surface area (Å²) < 4.78 is 3.67. The smallest absolute Gasteiger partial charge is 0.317 e. The second-order valence-electron chi connectivity index (χ2n) is 7.59. The second-order valence-corrected chi connectivity index (χ2v) is 7.59. The van der Waals surface area contributed by atoms with Crippen molar-refractivity contribution in [2.45, 2.75) is 6.92 Å². The topological polar surface area (TPSA) is 59.8 Å². The van der Waals surface area contributed by atoms with Gasteiger partial charge in [0.2, 0.25) is 0 Å². The number of aryl methyl sites for hydroxylation is 1. The molecule has 5 nitrogen and oxygen atoms in total. The van der Waals surface area contributed by atoms with Gasteiger partial charge in [-0.25, -0.2) is 4.79 Å². The molecule has 0 fully saturated rings. The van der Waals surface area contributed by atoms with E-state index in [0.717, 1.165) is 22.2 Å². The van der Waals surface area contributed by atoms with E-state index in [2.05, 4.69) is 33.8 Å². The molecule has 156 valence electrons. The van der Waals surface area contributed by atoms with Crippen molar-refractivity contribution in [1.82, 2.24) is 14.1 Å². The lowest BCUT2D eigenvalue weighted by Gasteiger charge is -2.10. The van der Waals surface area contributed by atoms with Crippen molar-refractivity contribution in [2.24, 2.45) is 0 Å². The van der Waals surface area contributed by atoms with Crippen molar-refractivity contribution in [2.75, 3.05) is 0 Å². The van der Waals surface area contributed by atoms with Crippen LogP contribution in [0, 0.1) is 6.92 Å². The zero-order valence-electron chi connectivity index (χ0n) is 17.5. The van der Waals surface area contributed by atoms with E-state index in [1.54, 1.807) is 22.8 Å². The van der Waals surface area contributed by atoms with E-state index < -0.39 is 5.69 Å². The summed E-state index contributed by atoms with van der Waals surface area (Å²) in [6, 6.07) is 31.2. The lowest BCUT2D eigenvalue weighted by atomic mass is 10.1. The molecule has 2 heterocycles. The molecule has 0 bridgehead atoms. The van der Waals surface area contributed by atoms with Crippen molar-refractivity contribution < 1.29 is 0 Å². The Labute approximate surface area is 184 Å². The van der Waals surface area contributed by atoms with E-state index in [1.807, 2.05) is 67.7 Å². The number of aromatic amines is 1. The van der Waals surface area contributed by atoms with Crippen LogP contribution in [-0.2, 0) is 0 Å². The Kier molecular flexibility index (Phi) is 4.92. The summed E-state index contributed by atoms with van der Waals surface area (Å²) in [5.74, 6) is 0. The minimum Gasteiger partial charge on any atom is -0.317 e. The average Bonchev–Trinajstić information content (AvgIpc) is 2.88. The Bertz CT molecular complexity index is 1620. The van der Waals surface area contributed by atoms with Gasteiger partial charge in [-0.3, -0.25) is 14.3 Å². The molecule has 5 heteroatoms. The van der Waals surface area contributed by atoms with Gasteiger partial charge in [0.25, 0.3) is 5.56 Å². The maximum absolute atomic E-state index is 12.9. The molecule has 32 heavy (non-hydrogen) atoms. The van der Waals surface area contributed by atoms with Crippen molar-refractivity contribution in [3.8, 4) is 11.4 Å². The van der Waals surface area contributed by atoms with E-state index in [1.165, 1.54) is 0 Å². The minimum absolute atomic E-state index is 0.387. The molecule has 0 radical (unpaired) electrons. The molecule has 0 unspecified atom stereocenters. The standard InChI is InChI=1S/C27H21N3O2/c1-19-18-21(30-25-16-8-6-14-23(25)26(31)28-27(30)32)12-9-17-29(20-10-3-2-4-11-20)24-15-7-5-13-22(19)24/h2-18H,1H3,(H,28,31,32). The van der Waals surface area contributed by atoms with Gasteiger partial charge in [-0.15, -0.1) is 0 Å². The van der Waals surface area contributed by atoms with Crippen LogP contribution in [0.3, 0.4) is 0 Å².